The van der Waals surface area contributed by atoms with Gasteiger partial charge in [0.2, 0.25) is 0 Å². The maximum absolute atomic E-state index is 4.68. The molecule has 3 heterocycles. The van der Waals surface area contributed by atoms with Crippen molar-refractivity contribution in [1.29, 1.82) is 0 Å². The van der Waals surface area contributed by atoms with Gasteiger partial charge in [0.15, 0.2) is 0 Å². The molecule has 0 saturated heterocycles. The predicted octanol–water partition coefficient (Wildman–Crippen LogP) is 12.7. The quantitative estimate of drug-likeness (QED) is 0.175. The molecule has 9 aromatic rings. The second kappa shape index (κ2) is 12.2. The van der Waals surface area contributed by atoms with Crippen LogP contribution in [0, 0.1) is 0 Å². The molecule has 0 unspecified atom stereocenters. The molecule has 1 aliphatic rings. The van der Waals surface area contributed by atoms with E-state index in [1.165, 1.54) is 44.1 Å². The number of aromatic nitrogens is 3. The maximum Gasteiger partial charge on any atom is 0.0702 e. The molecule has 10 rings (SSSR count). The fourth-order valence-corrected chi connectivity index (χ4v) is 8.32. The number of anilines is 3. The highest BCUT2D eigenvalue weighted by Gasteiger charge is 2.36. The molecular formula is C49H36N4. The Labute approximate surface area is 309 Å². The van der Waals surface area contributed by atoms with E-state index in [0.717, 1.165) is 45.3 Å². The summed E-state index contributed by atoms with van der Waals surface area (Å²) in [6.45, 7) is 4.71. The van der Waals surface area contributed by atoms with E-state index in [9.17, 15) is 0 Å². The molecule has 0 radical (unpaired) electrons. The summed E-state index contributed by atoms with van der Waals surface area (Å²) in [5.41, 5.74) is 16.0. The molecule has 0 amide bonds. The number of nitrogens with zero attached hydrogens (tertiary/aromatic N) is 4. The highest BCUT2D eigenvalue weighted by atomic mass is 15.1. The van der Waals surface area contributed by atoms with Gasteiger partial charge in [0, 0.05) is 62.5 Å². The second-order valence-electron chi connectivity index (χ2n) is 14.3. The van der Waals surface area contributed by atoms with Crippen molar-refractivity contribution in [2.24, 2.45) is 0 Å². The third kappa shape index (κ3) is 5.06. The Kier molecular flexibility index (Phi) is 7.12. The molecule has 6 aromatic carbocycles. The lowest BCUT2D eigenvalue weighted by molar-refractivity contribution is 0.661. The van der Waals surface area contributed by atoms with E-state index in [1.54, 1.807) is 0 Å². The van der Waals surface area contributed by atoms with Gasteiger partial charge >= 0.3 is 0 Å². The molecule has 0 bridgehead atoms. The van der Waals surface area contributed by atoms with E-state index in [4.69, 9.17) is 0 Å². The molecule has 0 spiro atoms. The summed E-state index contributed by atoms with van der Waals surface area (Å²) in [6, 6.07) is 60.9. The lowest BCUT2D eigenvalue weighted by Crippen LogP contribution is -2.14. The van der Waals surface area contributed by atoms with Gasteiger partial charge in [-0.1, -0.05) is 92.7 Å². The second-order valence-corrected chi connectivity index (χ2v) is 14.3. The topological polar surface area (TPSA) is 34.0 Å². The zero-order valence-electron chi connectivity index (χ0n) is 29.6. The van der Waals surface area contributed by atoms with Crippen molar-refractivity contribution in [3.8, 4) is 39.3 Å². The van der Waals surface area contributed by atoms with Gasteiger partial charge in [0.25, 0.3) is 0 Å². The summed E-state index contributed by atoms with van der Waals surface area (Å²) in [5.74, 6) is 0. The SMILES string of the molecule is CC1(C)c2ccccc2-c2cc3c4cc(N(c5cccc(-c6ccccn6)c5)c5cccc(-c6ccccn6)c5)ccc4n(-c4ccccc4)c3cc21. The van der Waals surface area contributed by atoms with Crippen LogP contribution in [0.4, 0.5) is 17.1 Å². The molecule has 4 heteroatoms. The first kappa shape index (κ1) is 31.0. The van der Waals surface area contributed by atoms with Crippen LogP contribution in [-0.4, -0.2) is 14.5 Å². The van der Waals surface area contributed by atoms with E-state index < -0.39 is 0 Å². The standard InChI is InChI=1S/C49H36N4/c1-49(2)43-21-7-6-20-39(43)40-31-42-41-30-38(24-25-47(41)53(48(42)32-44(40)49)35-16-4-3-5-17-35)52(36-18-12-14-33(28-36)45-22-8-10-26-50-45)37-19-13-15-34(29-37)46-23-9-11-27-51-46/h3-32H,1-2H3. The lowest BCUT2D eigenvalue weighted by atomic mass is 9.82. The molecule has 252 valence electrons. The summed E-state index contributed by atoms with van der Waals surface area (Å²) >= 11 is 0. The van der Waals surface area contributed by atoms with Gasteiger partial charge in [-0.3, -0.25) is 9.97 Å². The maximum atomic E-state index is 4.68. The first-order valence-corrected chi connectivity index (χ1v) is 18.2. The van der Waals surface area contributed by atoms with Crippen LogP contribution in [0.2, 0.25) is 0 Å². The zero-order chi connectivity index (χ0) is 35.5. The Balaban J connectivity index is 1.23. The average molecular weight is 681 g/mol. The molecular weight excluding hydrogens is 645 g/mol. The van der Waals surface area contributed by atoms with E-state index >= 15 is 0 Å². The Morgan fingerprint density at radius 2 is 1.06 bits per heavy atom. The zero-order valence-corrected chi connectivity index (χ0v) is 29.6. The lowest BCUT2D eigenvalue weighted by Gasteiger charge is -2.26. The van der Waals surface area contributed by atoms with E-state index in [-0.39, 0.29) is 5.41 Å². The number of rotatable bonds is 6. The van der Waals surface area contributed by atoms with Gasteiger partial charge in [0.1, 0.15) is 0 Å². The van der Waals surface area contributed by atoms with Crippen LogP contribution < -0.4 is 4.90 Å². The average Bonchev–Trinajstić information content (AvgIpc) is 3.66. The van der Waals surface area contributed by atoms with Crippen molar-refractivity contribution in [2.75, 3.05) is 4.90 Å². The summed E-state index contributed by atoms with van der Waals surface area (Å²) in [7, 11) is 0. The first-order valence-electron chi connectivity index (χ1n) is 18.2. The molecule has 1 aliphatic carbocycles. The molecule has 0 atom stereocenters. The van der Waals surface area contributed by atoms with Crippen molar-refractivity contribution in [3.63, 3.8) is 0 Å². The Hall–Kier alpha value is -6.78. The van der Waals surface area contributed by atoms with Crippen LogP contribution in [-0.2, 0) is 5.41 Å². The minimum Gasteiger partial charge on any atom is -0.310 e. The highest BCUT2D eigenvalue weighted by Crippen LogP contribution is 2.51. The number of pyridine rings is 2. The largest absolute Gasteiger partial charge is 0.310 e. The van der Waals surface area contributed by atoms with Gasteiger partial charge in [0.05, 0.1) is 22.4 Å². The molecule has 0 aliphatic heterocycles. The molecule has 0 fully saturated rings. The van der Waals surface area contributed by atoms with Crippen molar-refractivity contribution < 1.29 is 0 Å². The highest BCUT2D eigenvalue weighted by molar-refractivity contribution is 6.13. The number of benzene rings is 6. The van der Waals surface area contributed by atoms with Gasteiger partial charge in [-0.15, -0.1) is 0 Å². The molecule has 0 saturated carbocycles. The molecule has 3 aromatic heterocycles. The van der Waals surface area contributed by atoms with Gasteiger partial charge in [-0.2, -0.15) is 0 Å². The van der Waals surface area contributed by atoms with Crippen LogP contribution in [0.1, 0.15) is 25.0 Å². The summed E-state index contributed by atoms with van der Waals surface area (Å²) in [6.07, 6.45) is 3.70. The van der Waals surface area contributed by atoms with Crippen molar-refractivity contribution >= 4 is 38.9 Å². The third-order valence-electron chi connectivity index (χ3n) is 10.9. The van der Waals surface area contributed by atoms with Crippen LogP contribution in [0.15, 0.2) is 182 Å². The molecule has 53 heavy (non-hydrogen) atoms. The summed E-state index contributed by atoms with van der Waals surface area (Å²) < 4.78 is 2.43. The molecule has 4 nitrogen and oxygen atoms in total. The smallest absolute Gasteiger partial charge is 0.0702 e. The number of para-hydroxylation sites is 1. The van der Waals surface area contributed by atoms with Crippen LogP contribution >= 0.6 is 0 Å². The number of hydrogen-bond donors (Lipinski definition) is 0. The monoisotopic (exact) mass is 680 g/mol. The fourth-order valence-electron chi connectivity index (χ4n) is 8.32. The van der Waals surface area contributed by atoms with Gasteiger partial charge in [-0.25, -0.2) is 0 Å². The van der Waals surface area contributed by atoms with Gasteiger partial charge in [-0.05, 0) is 113 Å². The number of hydrogen-bond acceptors (Lipinski definition) is 3. The minimum atomic E-state index is -0.0999. The Bertz CT molecular complexity index is 2720. The van der Waals surface area contributed by atoms with E-state index in [2.05, 4.69) is 179 Å². The Morgan fingerprint density at radius 3 is 1.72 bits per heavy atom. The summed E-state index contributed by atoms with van der Waals surface area (Å²) in [5, 5.41) is 2.44. The third-order valence-corrected chi connectivity index (χ3v) is 10.9. The molecule has 0 N–H and O–H groups in total. The Morgan fingerprint density at radius 1 is 0.453 bits per heavy atom. The van der Waals surface area contributed by atoms with Crippen molar-refractivity contribution in [3.05, 3.63) is 193 Å². The summed E-state index contributed by atoms with van der Waals surface area (Å²) in [4.78, 5) is 11.7. The fraction of sp³-hybridized carbons (Fsp3) is 0.0612. The number of fused-ring (bicyclic) bond motifs is 6. The van der Waals surface area contributed by atoms with E-state index in [0.29, 0.717) is 0 Å². The minimum absolute atomic E-state index is 0.0999. The predicted molar refractivity (Wildman–Crippen MR) is 219 cm³/mol. The van der Waals surface area contributed by atoms with Crippen LogP contribution in [0.3, 0.4) is 0 Å². The van der Waals surface area contributed by atoms with Crippen LogP contribution in [0.5, 0.6) is 0 Å². The van der Waals surface area contributed by atoms with E-state index in [1.807, 2.05) is 36.7 Å². The first-order chi connectivity index (χ1) is 26.0. The van der Waals surface area contributed by atoms with Crippen molar-refractivity contribution in [2.45, 2.75) is 19.3 Å². The normalized spacial score (nSPS) is 12.9. The van der Waals surface area contributed by atoms with Gasteiger partial charge < -0.3 is 9.47 Å². The van der Waals surface area contributed by atoms with Crippen LogP contribution in [0.25, 0.3) is 61.1 Å². The van der Waals surface area contributed by atoms with Crippen molar-refractivity contribution in [1.82, 2.24) is 14.5 Å².